The largest absolute Gasteiger partial charge is 0.477 e. The van der Waals surface area contributed by atoms with Crippen LogP contribution in [0.1, 0.15) is 42.6 Å². The highest BCUT2D eigenvalue weighted by Gasteiger charge is 2.31. The normalized spacial score (nSPS) is 20.1. The number of nitrogens with one attached hydrogen (secondary N) is 1. The second kappa shape index (κ2) is 7.11. The number of pyridine rings is 2. The van der Waals surface area contributed by atoms with Gasteiger partial charge in [0, 0.05) is 37.4 Å². The van der Waals surface area contributed by atoms with Crippen LogP contribution < -0.4 is 21.4 Å². The fraction of sp³-hybridized carbons (Fsp3) is 0.474. The molecule has 10 heteroatoms. The molecule has 2 unspecified atom stereocenters. The average Bonchev–Trinajstić information content (AvgIpc) is 3.39. The zero-order valence-electron chi connectivity index (χ0n) is 15.9. The lowest BCUT2D eigenvalue weighted by molar-refractivity contribution is -0.122. The molecule has 0 radical (unpaired) electrons. The summed E-state index contributed by atoms with van der Waals surface area (Å²) in [6, 6.07) is 0.420. The van der Waals surface area contributed by atoms with Crippen molar-refractivity contribution < 1.29 is 19.1 Å². The number of aromatic carboxylic acids is 1. The highest BCUT2D eigenvalue weighted by Crippen LogP contribution is 2.37. The van der Waals surface area contributed by atoms with E-state index in [0.29, 0.717) is 25.3 Å². The third kappa shape index (κ3) is 3.55. The first kappa shape index (κ1) is 19.3. The summed E-state index contributed by atoms with van der Waals surface area (Å²) in [5.41, 5.74) is 4.40. The number of carboxylic acids is 1. The van der Waals surface area contributed by atoms with E-state index in [2.05, 4.69) is 10.3 Å². The zero-order valence-corrected chi connectivity index (χ0v) is 15.9. The molecule has 1 saturated carbocycles. The van der Waals surface area contributed by atoms with Gasteiger partial charge in [0.25, 0.3) is 0 Å². The van der Waals surface area contributed by atoms with Gasteiger partial charge in [0.05, 0.1) is 6.04 Å². The van der Waals surface area contributed by atoms with Gasteiger partial charge in [0.15, 0.2) is 0 Å². The summed E-state index contributed by atoms with van der Waals surface area (Å²) in [4.78, 5) is 42.1. The summed E-state index contributed by atoms with van der Waals surface area (Å²) in [6.45, 7) is 2.60. The molecule has 0 spiro atoms. The van der Waals surface area contributed by atoms with Crippen molar-refractivity contribution in [3.63, 3.8) is 0 Å². The first-order valence-electron chi connectivity index (χ1n) is 9.56. The number of anilines is 1. The summed E-state index contributed by atoms with van der Waals surface area (Å²) in [5, 5.41) is 11.8. The van der Waals surface area contributed by atoms with E-state index in [1.54, 1.807) is 11.5 Å². The van der Waals surface area contributed by atoms with Crippen molar-refractivity contribution in [1.29, 1.82) is 0 Å². The molecule has 1 amide bonds. The first-order chi connectivity index (χ1) is 13.8. The van der Waals surface area contributed by atoms with Crippen molar-refractivity contribution in [2.75, 3.05) is 18.0 Å². The molecule has 154 valence electrons. The topological polar surface area (TPSA) is 131 Å². The SMILES string of the molecule is CC(N)C(=O)NC1CCN(c2cc(F)c3c(=O)c(C(=O)O)cn(C4CC4)c3n2)C1. The minimum atomic E-state index is -1.39. The van der Waals surface area contributed by atoms with E-state index in [9.17, 15) is 23.9 Å². The van der Waals surface area contributed by atoms with Crippen LogP contribution in [0.25, 0.3) is 11.0 Å². The van der Waals surface area contributed by atoms with Crippen molar-refractivity contribution in [2.24, 2.45) is 5.73 Å². The Balaban J connectivity index is 1.72. The fourth-order valence-corrected chi connectivity index (χ4v) is 3.64. The van der Waals surface area contributed by atoms with E-state index in [1.165, 1.54) is 6.20 Å². The van der Waals surface area contributed by atoms with Crippen LogP contribution in [-0.2, 0) is 4.79 Å². The Morgan fingerprint density at radius 3 is 2.72 bits per heavy atom. The quantitative estimate of drug-likeness (QED) is 0.667. The maximum atomic E-state index is 14.9. The van der Waals surface area contributed by atoms with Gasteiger partial charge in [-0.25, -0.2) is 14.2 Å². The van der Waals surface area contributed by atoms with Crippen molar-refractivity contribution in [3.05, 3.63) is 33.9 Å². The highest BCUT2D eigenvalue weighted by molar-refractivity contribution is 5.92. The van der Waals surface area contributed by atoms with E-state index in [-0.39, 0.29) is 29.0 Å². The smallest absolute Gasteiger partial charge is 0.341 e. The van der Waals surface area contributed by atoms with Crippen LogP contribution >= 0.6 is 0 Å². The lowest BCUT2D eigenvalue weighted by Crippen LogP contribution is -2.45. The summed E-state index contributed by atoms with van der Waals surface area (Å²) in [7, 11) is 0. The number of amides is 1. The van der Waals surface area contributed by atoms with Gasteiger partial charge in [-0.05, 0) is 26.2 Å². The lowest BCUT2D eigenvalue weighted by atomic mass is 10.1. The third-order valence-corrected chi connectivity index (χ3v) is 5.37. The van der Waals surface area contributed by atoms with Gasteiger partial charge in [0.1, 0.15) is 28.2 Å². The molecular weight excluding hydrogens is 381 g/mol. The number of hydrogen-bond donors (Lipinski definition) is 3. The highest BCUT2D eigenvalue weighted by atomic mass is 19.1. The minimum Gasteiger partial charge on any atom is -0.477 e. The lowest BCUT2D eigenvalue weighted by Gasteiger charge is -2.20. The Morgan fingerprint density at radius 2 is 2.10 bits per heavy atom. The van der Waals surface area contributed by atoms with Gasteiger partial charge in [0.2, 0.25) is 11.3 Å². The van der Waals surface area contributed by atoms with Gasteiger partial charge < -0.3 is 25.6 Å². The molecule has 4 N–H and O–H groups in total. The van der Waals surface area contributed by atoms with Crippen molar-refractivity contribution in [2.45, 2.75) is 44.3 Å². The molecule has 2 atom stereocenters. The van der Waals surface area contributed by atoms with Gasteiger partial charge in [-0.1, -0.05) is 0 Å². The number of aromatic nitrogens is 2. The number of hydrogen-bond acceptors (Lipinski definition) is 6. The zero-order chi connectivity index (χ0) is 20.9. The summed E-state index contributed by atoms with van der Waals surface area (Å²) < 4.78 is 16.5. The number of halogens is 1. The molecule has 2 aliphatic rings. The number of carbonyl (C=O) groups excluding carboxylic acids is 1. The summed E-state index contributed by atoms with van der Waals surface area (Å²) in [5.74, 6) is -2.08. The molecule has 3 heterocycles. The Morgan fingerprint density at radius 1 is 1.38 bits per heavy atom. The van der Waals surface area contributed by atoms with Crippen LogP contribution in [0.15, 0.2) is 17.1 Å². The van der Waals surface area contributed by atoms with E-state index in [1.807, 2.05) is 4.90 Å². The van der Waals surface area contributed by atoms with Crippen LogP contribution in [-0.4, -0.2) is 51.7 Å². The molecule has 2 aromatic heterocycles. The van der Waals surface area contributed by atoms with Crippen LogP contribution in [0.5, 0.6) is 0 Å². The van der Waals surface area contributed by atoms with Crippen molar-refractivity contribution in [1.82, 2.24) is 14.9 Å². The van der Waals surface area contributed by atoms with E-state index in [0.717, 1.165) is 18.9 Å². The van der Waals surface area contributed by atoms with E-state index in [4.69, 9.17) is 5.73 Å². The maximum absolute atomic E-state index is 14.9. The molecule has 2 fully saturated rings. The first-order valence-corrected chi connectivity index (χ1v) is 9.56. The molecule has 0 bridgehead atoms. The van der Waals surface area contributed by atoms with Gasteiger partial charge in [-0.3, -0.25) is 9.59 Å². The number of rotatable bonds is 5. The average molecular weight is 403 g/mol. The second-order valence-electron chi connectivity index (χ2n) is 7.71. The monoisotopic (exact) mass is 403 g/mol. The Bertz CT molecular complexity index is 1060. The van der Waals surface area contributed by atoms with E-state index >= 15 is 0 Å². The van der Waals surface area contributed by atoms with Crippen LogP contribution in [0.3, 0.4) is 0 Å². The Labute approximate surface area is 165 Å². The molecular formula is C19H22FN5O4. The standard InChI is InChI=1S/C19H22FN5O4/c1-9(21)18(27)22-10-4-5-24(7-10)14-6-13(20)15-16(26)12(19(28)29)8-25(11-2-3-11)17(15)23-14/h6,8-11H,2-5,7,21H2,1H3,(H,22,27)(H,28,29). The van der Waals surface area contributed by atoms with Crippen LogP contribution in [0.2, 0.25) is 0 Å². The maximum Gasteiger partial charge on any atom is 0.341 e. The number of carboxylic acid groups (broad SMARTS) is 1. The third-order valence-electron chi connectivity index (χ3n) is 5.37. The summed E-state index contributed by atoms with van der Waals surface area (Å²) in [6.07, 6.45) is 3.56. The van der Waals surface area contributed by atoms with Gasteiger partial charge in [-0.2, -0.15) is 0 Å². The van der Waals surface area contributed by atoms with Gasteiger partial charge in [-0.15, -0.1) is 0 Å². The number of nitrogens with two attached hydrogens (primary N) is 1. The molecule has 9 nitrogen and oxygen atoms in total. The molecule has 2 aromatic rings. The molecule has 1 aliphatic heterocycles. The second-order valence-corrected chi connectivity index (χ2v) is 7.71. The Hall–Kier alpha value is -3.01. The van der Waals surface area contributed by atoms with Crippen molar-refractivity contribution >= 4 is 28.7 Å². The minimum absolute atomic E-state index is 0.00927. The molecule has 4 rings (SSSR count). The molecule has 0 aromatic carbocycles. The van der Waals surface area contributed by atoms with Gasteiger partial charge >= 0.3 is 5.97 Å². The molecule has 29 heavy (non-hydrogen) atoms. The number of fused-ring (bicyclic) bond motifs is 1. The molecule has 1 aliphatic carbocycles. The predicted molar refractivity (Wildman–Crippen MR) is 104 cm³/mol. The number of carbonyl (C=O) groups is 2. The fourth-order valence-electron chi connectivity index (χ4n) is 3.64. The van der Waals surface area contributed by atoms with Crippen LogP contribution in [0.4, 0.5) is 10.2 Å². The van der Waals surface area contributed by atoms with Crippen LogP contribution in [0, 0.1) is 5.82 Å². The predicted octanol–water partition coefficient (Wildman–Crippen LogP) is 0.611. The molecule has 1 saturated heterocycles. The summed E-state index contributed by atoms with van der Waals surface area (Å²) >= 11 is 0. The van der Waals surface area contributed by atoms with Crippen molar-refractivity contribution in [3.8, 4) is 0 Å². The number of nitrogens with zero attached hydrogens (tertiary/aromatic N) is 3. The Kier molecular flexibility index (Phi) is 4.73. The van der Waals surface area contributed by atoms with E-state index < -0.39 is 28.8 Å².